The van der Waals surface area contributed by atoms with Crippen molar-refractivity contribution < 1.29 is 18.3 Å². The summed E-state index contributed by atoms with van der Waals surface area (Å²) in [6.07, 6.45) is 1.41. The molecule has 0 aliphatic carbocycles. The topological polar surface area (TPSA) is 73.2 Å². The highest BCUT2D eigenvalue weighted by atomic mass is 32.1. The number of nitrogens with zero attached hydrogens (tertiary/aromatic N) is 2. The van der Waals surface area contributed by atoms with Crippen LogP contribution in [0.5, 0.6) is 5.75 Å². The average molecular weight is 365 g/mol. The number of thiophene rings is 1. The van der Waals surface area contributed by atoms with E-state index < -0.39 is 12.5 Å². The van der Waals surface area contributed by atoms with Gasteiger partial charge in [-0.05, 0) is 36.8 Å². The molecule has 0 saturated carbocycles. The lowest BCUT2D eigenvalue weighted by molar-refractivity contribution is -0.0498. The van der Waals surface area contributed by atoms with E-state index in [0.29, 0.717) is 26.3 Å². The number of rotatable bonds is 4. The van der Waals surface area contributed by atoms with Gasteiger partial charge >= 0.3 is 6.61 Å². The minimum atomic E-state index is -2.91. The highest BCUT2D eigenvalue weighted by Gasteiger charge is 2.19. The summed E-state index contributed by atoms with van der Waals surface area (Å²) in [4.78, 5) is 29.7. The molecule has 2 heterocycles. The third kappa shape index (κ3) is 3.36. The smallest absolute Gasteiger partial charge is 0.387 e. The van der Waals surface area contributed by atoms with Crippen LogP contribution in [0.25, 0.3) is 10.2 Å². The lowest BCUT2D eigenvalue weighted by Crippen LogP contribution is -2.17. The Bertz CT molecular complexity index is 996. The Morgan fingerprint density at radius 3 is 2.64 bits per heavy atom. The van der Waals surface area contributed by atoms with Crippen LogP contribution in [-0.4, -0.2) is 22.1 Å². The quantitative estimate of drug-likeness (QED) is 0.771. The van der Waals surface area contributed by atoms with Crippen LogP contribution in [0.2, 0.25) is 0 Å². The number of benzene rings is 1. The zero-order valence-corrected chi connectivity index (χ0v) is 14.1. The number of halogens is 2. The van der Waals surface area contributed by atoms with E-state index in [2.05, 4.69) is 15.0 Å². The van der Waals surface area contributed by atoms with Gasteiger partial charge in [-0.2, -0.15) is 8.78 Å². The first-order valence-corrected chi connectivity index (χ1v) is 7.99. The molecular formula is C16H13F2N3O3S. The SMILES string of the molecule is Cc1c(C(=O)Nc2ccc(OC(F)F)cc2)sc2ncn(C)c(=O)c12. The Kier molecular flexibility index (Phi) is 4.49. The third-order valence-electron chi connectivity index (χ3n) is 3.55. The lowest BCUT2D eigenvalue weighted by Gasteiger charge is -2.07. The molecule has 0 radical (unpaired) electrons. The highest BCUT2D eigenvalue weighted by Crippen LogP contribution is 2.27. The van der Waals surface area contributed by atoms with Gasteiger partial charge in [-0.3, -0.25) is 9.59 Å². The van der Waals surface area contributed by atoms with Gasteiger partial charge in [0.1, 0.15) is 10.6 Å². The molecule has 3 rings (SSSR count). The first kappa shape index (κ1) is 17.0. The van der Waals surface area contributed by atoms with Crippen molar-refractivity contribution in [3.63, 3.8) is 0 Å². The van der Waals surface area contributed by atoms with Crippen LogP contribution in [0.15, 0.2) is 35.4 Å². The summed E-state index contributed by atoms with van der Waals surface area (Å²) in [6, 6.07) is 5.57. The molecule has 0 atom stereocenters. The number of amides is 1. The fourth-order valence-corrected chi connectivity index (χ4v) is 3.37. The minimum Gasteiger partial charge on any atom is -0.435 e. The summed E-state index contributed by atoms with van der Waals surface area (Å²) in [5.41, 5.74) is 0.763. The number of alkyl halides is 2. The number of hydrogen-bond acceptors (Lipinski definition) is 5. The maximum absolute atomic E-state index is 12.5. The summed E-state index contributed by atoms with van der Waals surface area (Å²) in [7, 11) is 1.59. The summed E-state index contributed by atoms with van der Waals surface area (Å²) >= 11 is 1.13. The molecule has 0 aliphatic heterocycles. The summed E-state index contributed by atoms with van der Waals surface area (Å²) in [5, 5.41) is 3.08. The largest absolute Gasteiger partial charge is 0.435 e. The van der Waals surface area contributed by atoms with E-state index in [9.17, 15) is 18.4 Å². The van der Waals surface area contributed by atoms with E-state index in [0.717, 1.165) is 11.3 Å². The van der Waals surface area contributed by atoms with E-state index in [1.165, 1.54) is 35.2 Å². The minimum absolute atomic E-state index is 0.00117. The number of nitrogens with one attached hydrogen (secondary N) is 1. The third-order valence-corrected chi connectivity index (χ3v) is 4.75. The maximum Gasteiger partial charge on any atom is 0.387 e. The van der Waals surface area contributed by atoms with Gasteiger partial charge in [0, 0.05) is 12.7 Å². The van der Waals surface area contributed by atoms with Crippen molar-refractivity contribution in [2.24, 2.45) is 7.05 Å². The number of anilines is 1. The average Bonchev–Trinajstić information content (AvgIpc) is 2.90. The second kappa shape index (κ2) is 6.60. The molecule has 1 N–H and O–H groups in total. The van der Waals surface area contributed by atoms with Gasteiger partial charge in [0.05, 0.1) is 16.6 Å². The number of hydrogen-bond donors (Lipinski definition) is 1. The van der Waals surface area contributed by atoms with E-state index in [1.54, 1.807) is 14.0 Å². The Balaban J connectivity index is 1.86. The van der Waals surface area contributed by atoms with Crippen LogP contribution < -0.4 is 15.6 Å². The second-order valence-electron chi connectivity index (χ2n) is 5.25. The van der Waals surface area contributed by atoms with E-state index >= 15 is 0 Å². The van der Waals surface area contributed by atoms with Crippen LogP contribution in [-0.2, 0) is 7.05 Å². The number of aryl methyl sites for hydroxylation is 2. The molecule has 1 aromatic carbocycles. The maximum atomic E-state index is 12.5. The monoisotopic (exact) mass is 365 g/mol. The number of ether oxygens (including phenoxy) is 1. The van der Waals surface area contributed by atoms with E-state index in [-0.39, 0.29) is 11.3 Å². The first-order valence-electron chi connectivity index (χ1n) is 7.17. The first-order chi connectivity index (χ1) is 11.9. The predicted octanol–water partition coefficient (Wildman–Crippen LogP) is 3.16. The zero-order valence-electron chi connectivity index (χ0n) is 13.2. The van der Waals surface area contributed by atoms with E-state index in [1.807, 2.05) is 0 Å². The van der Waals surface area contributed by atoms with Crippen LogP contribution in [0.1, 0.15) is 15.2 Å². The molecule has 9 heteroatoms. The van der Waals surface area contributed by atoms with Crippen LogP contribution >= 0.6 is 11.3 Å². The van der Waals surface area contributed by atoms with Crippen molar-refractivity contribution in [2.45, 2.75) is 13.5 Å². The molecule has 0 aliphatic rings. The molecule has 0 bridgehead atoms. The fourth-order valence-electron chi connectivity index (χ4n) is 2.33. The molecule has 0 spiro atoms. The standard InChI is InChI=1S/C16H13F2N3O3S/c1-8-11-14(19-7-21(2)15(11)23)25-12(8)13(22)20-9-3-5-10(6-4-9)24-16(17)18/h3-7,16H,1-2H3,(H,20,22). The fraction of sp³-hybridized carbons (Fsp3) is 0.188. The second-order valence-corrected chi connectivity index (χ2v) is 6.25. The Morgan fingerprint density at radius 1 is 1.32 bits per heavy atom. The number of fused-ring (bicyclic) bond motifs is 1. The zero-order chi connectivity index (χ0) is 18.1. The molecular weight excluding hydrogens is 352 g/mol. The highest BCUT2D eigenvalue weighted by molar-refractivity contribution is 7.20. The molecule has 130 valence electrons. The molecule has 0 unspecified atom stereocenters. The molecule has 3 aromatic rings. The summed E-state index contributed by atoms with van der Waals surface area (Å²) < 4.78 is 29.9. The molecule has 2 aromatic heterocycles. The van der Waals surface area contributed by atoms with Gasteiger partial charge in [-0.15, -0.1) is 11.3 Å². The summed E-state index contributed by atoms with van der Waals surface area (Å²) in [6.45, 7) is -1.21. The van der Waals surface area contributed by atoms with Gasteiger partial charge in [-0.1, -0.05) is 0 Å². The van der Waals surface area contributed by atoms with Crippen molar-refractivity contribution in [3.8, 4) is 5.75 Å². The van der Waals surface area contributed by atoms with Crippen LogP contribution in [0.4, 0.5) is 14.5 Å². The van der Waals surface area contributed by atoms with Crippen molar-refractivity contribution in [2.75, 3.05) is 5.32 Å². The number of carbonyl (C=O) groups excluding carboxylic acids is 1. The Morgan fingerprint density at radius 2 is 2.00 bits per heavy atom. The van der Waals surface area contributed by atoms with Gasteiger partial charge in [0.15, 0.2) is 0 Å². The molecule has 6 nitrogen and oxygen atoms in total. The van der Waals surface area contributed by atoms with Crippen LogP contribution in [0.3, 0.4) is 0 Å². The van der Waals surface area contributed by atoms with Crippen LogP contribution in [0, 0.1) is 6.92 Å². The number of carbonyl (C=O) groups is 1. The molecule has 1 amide bonds. The van der Waals surface area contributed by atoms with Crippen molar-refractivity contribution >= 4 is 33.1 Å². The van der Waals surface area contributed by atoms with Crippen molar-refractivity contribution in [1.82, 2.24) is 9.55 Å². The van der Waals surface area contributed by atoms with Gasteiger partial charge < -0.3 is 14.6 Å². The van der Waals surface area contributed by atoms with Crippen molar-refractivity contribution in [1.29, 1.82) is 0 Å². The Hall–Kier alpha value is -2.81. The van der Waals surface area contributed by atoms with Gasteiger partial charge in [-0.25, -0.2) is 4.98 Å². The van der Waals surface area contributed by atoms with E-state index in [4.69, 9.17) is 0 Å². The lowest BCUT2D eigenvalue weighted by atomic mass is 10.2. The van der Waals surface area contributed by atoms with Gasteiger partial charge in [0.2, 0.25) is 0 Å². The molecule has 25 heavy (non-hydrogen) atoms. The molecule has 0 saturated heterocycles. The van der Waals surface area contributed by atoms with Crippen molar-refractivity contribution in [3.05, 3.63) is 51.4 Å². The Labute approximate surface area is 144 Å². The normalized spacial score (nSPS) is 11.1. The predicted molar refractivity (Wildman–Crippen MR) is 90.6 cm³/mol. The molecule has 0 fully saturated rings. The number of aromatic nitrogens is 2. The summed E-state index contributed by atoms with van der Waals surface area (Å²) in [5.74, 6) is -0.399. The van der Waals surface area contributed by atoms with Gasteiger partial charge in [0.25, 0.3) is 11.5 Å².